The van der Waals surface area contributed by atoms with Crippen LogP contribution in [0.1, 0.15) is 6.92 Å². The Labute approximate surface area is 121 Å². The highest BCUT2D eigenvalue weighted by Gasteiger charge is 2.32. The molecule has 6 nitrogen and oxygen atoms in total. The molecular formula is C13H15ClN2O4. The number of carbonyl (C=O) groups is 2. The van der Waals surface area contributed by atoms with Crippen LogP contribution in [0.15, 0.2) is 12.1 Å². The normalized spacial score (nSPS) is 18.8. The van der Waals surface area contributed by atoms with Crippen molar-refractivity contribution in [3.8, 4) is 11.5 Å². The Balaban J connectivity index is 2.49. The summed E-state index contributed by atoms with van der Waals surface area (Å²) in [7, 11) is 2.95. The van der Waals surface area contributed by atoms with Crippen LogP contribution in [-0.2, 0) is 9.59 Å². The monoisotopic (exact) mass is 298 g/mol. The first kappa shape index (κ1) is 14.5. The molecule has 1 heterocycles. The molecule has 1 atom stereocenters. The fourth-order valence-electron chi connectivity index (χ4n) is 2.06. The van der Waals surface area contributed by atoms with Gasteiger partial charge in [0.15, 0.2) is 0 Å². The zero-order valence-corrected chi connectivity index (χ0v) is 12.2. The molecule has 0 aliphatic carbocycles. The van der Waals surface area contributed by atoms with Gasteiger partial charge in [-0.25, -0.2) is 0 Å². The quantitative estimate of drug-likeness (QED) is 0.911. The number of piperazine rings is 1. The summed E-state index contributed by atoms with van der Waals surface area (Å²) in [6, 6.07) is 2.56. The van der Waals surface area contributed by atoms with Gasteiger partial charge in [0, 0.05) is 12.1 Å². The van der Waals surface area contributed by atoms with Crippen LogP contribution in [0.3, 0.4) is 0 Å². The van der Waals surface area contributed by atoms with E-state index in [4.69, 9.17) is 21.1 Å². The van der Waals surface area contributed by atoms with Crippen molar-refractivity contribution in [2.24, 2.45) is 0 Å². The van der Waals surface area contributed by atoms with E-state index in [-0.39, 0.29) is 18.4 Å². The Morgan fingerprint density at radius 2 is 1.90 bits per heavy atom. The highest BCUT2D eigenvalue weighted by molar-refractivity contribution is 6.32. The maximum atomic E-state index is 12.2. The third kappa shape index (κ3) is 2.51. The fraction of sp³-hybridized carbons (Fsp3) is 0.385. The van der Waals surface area contributed by atoms with Gasteiger partial charge in [-0.2, -0.15) is 0 Å². The highest BCUT2D eigenvalue weighted by Crippen LogP contribution is 2.38. The van der Waals surface area contributed by atoms with E-state index < -0.39 is 6.04 Å². The van der Waals surface area contributed by atoms with Gasteiger partial charge >= 0.3 is 0 Å². The van der Waals surface area contributed by atoms with E-state index in [2.05, 4.69) is 5.32 Å². The summed E-state index contributed by atoms with van der Waals surface area (Å²) in [5, 5.41) is 2.95. The number of benzene rings is 1. The molecule has 1 aromatic rings. The SMILES string of the molecule is COc1cc(N2CC(=O)NC(C)C2=O)c(OC)cc1Cl. The van der Waals surface area contributed by atoms with Crippen LogP contribution in [0.2, 0.25) is 5.02 Å². The summed E-state index contributed by atoms with van der Waals surface area (Å²) in [6.45, 7) is 1.57. The second-order valence-corrected chi connectivity index (χ2v) is 4.78. The number of rotatable bonds is 3. The molecular weight excluding hydrogens is 284 g/mol. The van der Waals surface area contributed by atoms with Crippen molar-refractivity contribution in [1.29, 1.82) is 0 Å². The van der Waals surface area contributed by atoms with E-state index in [0.29, 0.717) is 22.2 Å². The molecule has 20 heavy (non-hydrogen) atoms. The molecule has 1 saturated heterocycles. The van der Waals surface area contributed by atoms with Crippen LogP contribution in [-0.4, -0.2) is 38.6 Å². The zero-order valence-electron chi connectivity index (χ0n) is 11.4. The zero-order chi connectivity index (χ0) is 14.9. The molecule has 1 aromatic carbocycles. The summed E-state index contributed by atoms with van der Waals surface area (Å²) in [5.74, 6) is 0.375. The number of methoxy groups -OCH3 is 2. The summed E-state index contributed by atoms with van der Waals surface area (Å²) >= 11 is 6.03. The lowest BCUT2D eigenvalue weighted by Gasteiger charge is -2.31. The third-order valence-corrected chi connectivity index (χ3v) is 3.36. The van der Waals surface area contributed by atoms with Crippen LogP contribution >= 0.6 is 11.6 Å². The summed E-state index contributed by atoms with van der Waals surface area (Å²) in [6.07, 6.45) is 0. The minimum atomic E-state index is -0.581. The van der Waals surface area contributed by atoms with Crippen LogP contribution in [0.25, 0.3) is 0 Å². The van der Waals surface area contributed by atoms with E-state index in [1.54, 1.807) is 19.1 Å². The summed E-state index contributed by atoms with van der Waals surface area (Å²) in [5.41, 5.74) is 0.459. The average molecular weight is 299 g/mol. The van der Waals surface area contributed by atoms with E-state index in [0.717, 1.165) is 0 Å². The number of anilines is 1. The first-order valence-corrected chi connectivity index (χ1v) is 6.38. The lowest BCUT2D eigenvalue weighted by atomic mass is 10.1. The van der Waals surface area contributed by atoms with E-state index >= 15 is 0 Å². The number of hydrogen-bond donors (Lipinski definition) is 1. The van der Waals surface area contributed by atoms with Crippen molar-refractivity contribution in [3.63, 3.8) is 0 Å². The lowest BCUT2D eigenvalue weighted by Crippen LogP contribution is -2.57. The molecule has 0 radical (unpaired) electrons. The number of nitrogens with one attached hydrogen (secondary N) is 1. The number of carbonyl (C=O) groups excluding carboxylic acids is 2. The second-order valence-electron chi connectivity index (χ2n) is 4.37. The van der Waals surface area contributed by atoms with Crippen molar-refractivity contribution >= 4 is 29.1 Å². The number of hydrogen-bond acceptors (Lipinski definition) is 4. The van der Waals surface area contributed by atoms with Gasteiger partial charge in [-0.15, -0.1) is 0 Å². The molecule has 1 aliphatic heterocycles. The molecule has 2 rings (SSSR count). The van der Waals surface area contributed by atoms with E-state index in [9.17, 15) is 9.59 Å². The maximum absolute atomic E-state index is 12.2. The molecule has 7 heteroatoms. The number of amides is 2. The Bertz CT molecular complexity index is 562. The maximum Gasteiger partial charge on any atom is 0.249 e. The van der Waals surface area contributed by atoms with Gasteiger partial charge in [-0.05, 0) is 6.92 Å². The largest absolute Gasteiger partial charge is 0.495 e. The van der Waals surface area contributed by atoms with Crippen LogP contribution in [0, 0.1) is 0 Å². The van der Waals surface area contributed by atoms with Crippen molar-refractivity contribution in [1.82, 2.24) is 5.32 Å². The Hall–Kier alpha value is -1.95. The van der Waals surface area contributed by atoms with E-state index in [1.165, 1.54) is 19.1 Å². The lowest BCUT2D eigenvalue weighted by molar-refractivity contribution is -0.130. The minimum absolute atomic E-state index is 0.0652. The summed E-state index contributed by atoms with van der Waals surface area (Å²) < 4.78 is 10.4. The van der Waals surface area contributed by atoms with Crippen LogP contribution < -0.4 is 19.7 Å². The van der Waals surface area contributed by atoms with Crippen molar-refractivity contribution in [2.75, 3.05) is 25.7 Å². The van der Waals surface area contributed by atoms with Crippen molar-refractivity contribution in [2.45, 2.75) is 13.0 Å². The van der Waals surface area contributed by atoms with Crippen molar-refractivity contribution in [3.05, 3.63) is 17.2 Å². The van der Waals surface area contributed by atoms with Crippen molar-refractivity contribution < 1.29 is 19.1 Å². The molecule has 2 amide bonds. The predicted molar refractivity (Wildman–Crippen MR) is 74.5 cm³/mol. The average Bonchev–Trinajstić information content (AvgIpc) is 2.42. The minimum Gasteiger partial charge on any atom is -0.495 e. The molecule has 0 spiro atoms. The molecule has 0 saturated carbocycles. The van der Waals surface area contributed by atoms with Gasteiger partial charge in [0.05, 0.1) is 24.9 Å². The number of nitrogens with zero attached hydrogens (tertiary/aromatic N) is 1. The smallest absolute Gasteiger partial charge is 0.249 e. The standard InChI is InChI=1S/C13H15ClN2O4/c1-7-13(18)16(6-12(17)15-7)9-5-10(19-2)8(14)4-11(9)20-3/h4-5,7H,6H2,1-3H3,(H,15,17). The molecule has 108 valence electrons. The number of halogens is 1. The Morgan fingerprint density at radius 3 is 2.50 bits per heavy atom. The Kier molecular flexibility index (Phi) is 4.04. The molecule has 1 fully saturated rings. The highest BCUT2D eigenvalue weighted by atomic mass is 35.5. The predicted octanol–water partition coefficient (Wildman–Crippen LogP) is 1.21. The molecule has 0 aromatic heterocycles. The van der Waals surface area contributed by atoms with Gasteiger partial charge in [-0.3, -0.25) is 14.5 Å². The molecule has 1 N–H and O–H groups in total. The van der Waals surface area contributed by atoms with E-state index in [1.807, 2.05) is 0 Å². The van der Waals surface area contributed by atoms with Gasteiger partial charge in [0.1, 0.15) is 24.1 Å². The van der Waals surface area contributed by atoms with Gasteiger partial charge in [-0.1, -0.05) is 11.6 Å². The molecule has 1 aliphatic rings. The van der Waals surface area contributed by atoms with Gasteiger partial charge in [0.2, 0.25) is 11.8 Å². The van der Waals surface area contributed by atoms with Gasteiger partial charge < -0.3 is 14.8 Å². The van der Waals surface area contributed by atoms with Gasteiger partial charge in [0.25, 0.3) is 0 Å². The van der Waals surface area contributed by atoms with Crippen LogP contribution in [0.4, 0.5) is 5.69 Å². The molecule has 0 bridgehead atoms. The molecule has 1 unspecified atom stereocenters. The fourth-order valence-corrected chi connectivity index (χ4v) is 2.29. The van der Waals surface area contributed by atoms with Crippen LogP contribution in [0.5, 0.6) is 11.5 Å². The first-order valence-electron chi connectivity index (χ1n) is 6.00. The topological polar surface area (TPSA) is 67.9 Å². The summed E-state index contributed by atoms with van der Waals surface area (Å²) in [4.78, 5) is 25.2. The third-order valence-electron chi connectivity index (χ3n) is 3.06. The Morgan fingerprint density at radius 1 is 1.25 bits per heavy atom. The second kappa shape index (κ2) is 5.58. The first-order chi connectivity index (χ1) is 9.47. The number of ether oxygens (including phenoxy) is 2.